The summed E-state index contributed by atoms with van der Waals surface area (Å²) in [7, 11) is 0. The molecule has 2 amide bonds. The molecule has 0 aliphatic heterocycles. The van der Waals surface area contributed by atoms with Crippen molar-refractivity contribution in [1.29, 1.82) is 0 Å². The van der Waals surface area contributed by atoms with Crippen LogP contribution in [-0.4, -0.2) is 22.0 Å². The number of benzene rings is 1. The normalized spacial score (nSPS) is 10.4. The second-order valence-corrected chi connectivity index (χ2v) is 5.95. The predicted molar refractivity (Wildman–Crippen MR) is 87.9 cm³/mol. The van der Waals surface area contributed by atoms with E-state index in [0.717, 1.165) is 17.0 Å². The van der Waals surface area contributed by atoms with Crippen LogP contribution in [-0.2, 0) is 11.2 Å². The van der Waals surface area contributed by atoms with E-state index in [0.29, 0.717) is 11.7 Å². The van der Waals surface area contributed by atoms with Crippen LogP contribution in [0.4, 0.5) is 4.39 Å². The van der Waals surface area contributed by atoms with Gasteiger partial charge in [-0.2, -0.15) is 4.98 Å². The molecule has 7 nitrogen and oxygen atoms in total. The molecule has 2 aromatic heterocycles. The minimum Gasteiger partial charge on any atom is -0.339 e. The summed E-state index contributed by atoms with van der Waals surface area (Å²) in [5, 5.41) is 5.76. The Hall–Kier alpha value is -3.07. The number of aromatic nitrogens is 2. The van der Waals surface area contributed by atoms with E-state index in [1.807, 2.05) is 17.5 Å². The lowest BCUT2D eigenvalue weighted by molar-refractivity contribution is -0.121. The van der Waals surface area contributed by atoms with Crippen molar-refractivity contribution in [3.05, 3.63) is 59.0 Å². The number of rotatable bonds is 5. The second kappa shape index (κ2) is 7.67. The molecule has 0 saturated carbocycles. The number of thiophene rings is 1. The van der Waals surface area contributed by atoms with E-state index in [2.05, 4.69) is 21.0 Å². The summed E-state index contributed by atoms with van der Waals surface area (Å²) >= 11 is 1.49. The molecule has 25 heavy (non-hydrogen) atoms. The van der Waals surface area contributed by atoms with Crippen molar-refractivity contribution >= 4 is 23.2 Å². The van der Waals surface area contributed by atoms with Gasteiger partial charge in [-0.05, 0) is 35.7 Å². The number of nitrogens with one attached hydrogen (secondary N) is 2. The molecule has 2 heterocycles. The Morgan fingerprint density at radius 1 is 1.16 bits per heavy atom. The Morgan fingerprint density at radius 2 is 1.96 bits per heavy atom. The molecule has 0 radical (unpaired) electrons. The van der Waals surface area contributed by atoms with Gasteiger partial charge in [0.1, 0.15) is 5.82 Å². The maximum absolute atomic E-state index is 12.8. The molecule has 0 atom stereocenters. The lowest BCUT2D eigenvalue weighted by Gasteiger charge is -2.06. The van der Waals surface area contributed by atoms with Crippen LogP contribution in [0.3, 0.4) is 0 Å². The average Bonchev–Trinajstić information content (AvgIpc) is 3.29. The highest BCUT2D eigenvalue weighted by molar-refractivity contribution is 7.13. The van der Waals surface area contributed by atoms with Gasteiger partial charge in [-0.15, -0.1) is 11.3 Å². The third-order valence-electron chi connectivity index (χ3n) is 3.20. The Bertz CT molecular complexity index is 862. The summed E-state index contributed by atoms with van der Waals surface area (Å²) in [4.78, 5) is 28.6. The van der Waals surface area contributed by atoms with Crippen LogP contribution in [0.25, 0.3) is 10.7 Å². The molecule has 0 spiro atoms. The van der Waals surface area contributed by atoms with Crippen molar-refractivity contribution in [2.75, 3.05) is 0 Å². The van der Waals surface area contributed by atoms with Crippen LogP contribution in [0, 0.1) is 5.82 Å². The minimum absolute atomic E-state index is 0.0652. The number of amides is 2. The number of hydrazine groups is 1. The van der Waals surface area contributed by atoms with E-state index in [1.54, 1.807) is 0 Å². The molecule has 0 saturated heterocycles. The van der Waals surface area contributed by atoms with E-state index in [-0.39, 0.29) is 18.4 Å². The number of carbonyl (C=O) groups is 2. The van der Waals surface area contributed by atoms with Crippen LogP contribution in [0.15, 0.2) is 46.3 Å². The molecule has 0 aliphatic rings. The van der Waals surface area contributed by atoms with Crippen molar-refractivity contribution in [2.24, 2.45) is 0 Å². The minimum atomic E-state index is -0.536. The summed E-state index contributed by atoms with van der Waals surface area (Å²) in [6.45, 7) is 0. The maximum Gasteiger partial charge on any atom is 0.269 e. The fourth-order valence-corrected chi connectivity index (χ4v) is 2.59. The molecule has 0 bridgehead atoms. The maximum atomic E-state index is 12.8. The Balaban J connectivity index is 1.45. The molecule has 3 rings (SSSR count). The first-order valence-corrected chi connectivity index (χ1v) is 8.21. The summed E-state index contributed by atoms with van der Waals surface area (Å²) in [5.74, 6) is -0.571. The average molecular weight is 360 g/mol. The van der Waals surface area contributed by atoms with E-state index < -0.39 is 17.6 Å². The number of carbonyl (C=O) groups excluding carboxylic acids is 2. The van der Waals surface area contributed by atoms with Gasteiger partial charge in [-0.3, -0.25) is 20.4 Å². The van der Waals surface area contributed by atoms with Crippen LogP contribution in [0.1, 0.15) is 22.7 Å². The highest BCUT2D eigenvalue weighted by atomic mass is 32.1. The van der Waals surface area contributed by atoms with Crippen molar-refractivity contribution in [2.45, 2.75) is 12.8 Å². The molecule has 3 aromatic rings. The van der Waals surface area contributed by atoms with Gasteiger partial charge in [0.2, 0.25) is 17.6 Å². The summed E-state index contributed by atoms with van der Waals surface area (Å²) in [6, 6.07) is 8.72. The third kappa shape index (κ3) is 4.48. The van der Waals surface area contributed by atoms with E-state index in [4.69, 9.17) is 4.52 Å². The monoisotopic (exact) mass is 360 g/mol. The number of hydrogen-bond acceptors (Lipinski definition) is 6. The number of nitrogens with zero attached hydrogens (tertiary/aromatic N) is 2. The molecule has 9 heteroatoms. The van der Waals surface area contributed by atoms with Gasteiger partial charge in [0, 0.05) is 18.4 Å². The Kier molecular flexibility index (Phi) is 5.14. The third-order valence-corrected chi connectivity index (χ3v) is 4.06. The molecule has 0 aliphatic carbocycles. The first kappa shape index (κ1) is 16.8. The van der Waals surface area contributed by atoms with Crippen LogP contribution < -0.4 is 10.9 Å². The first-order chi connectivity index (χ1) is 12.1. The largest absolute Gasteiger partial charge is 0.339 e. The van der Waals surface area contributed by atoms with Gasteiger partial charge in [-0.1, -0.05) is 11.2 Å². The lowest BCUT2D eigenvalue weighted by atomic mass is 10.2. The molecule has 1 aromatic carbocycles. The Labute approximate surface area is 145 Å². The summed E-state index contributed by atoms with van der Waals surface area (Å²) in [6.07, 6.45) is 0.312. The van der Waals surface area contributed by atoms with E-state index in [9.17, 15) is 14.0 Å². The lowest BCUT2D eigenvalue weighted by Crippen LogP contribution is -2.41. The summed E-state index contributed by atoms with van der Waals surface area (Å²) in [5.41, 5.74) is 4.77. The van der Waals surface area contributed by atoms with E-state index in [1.165, 1.54) is 23.5 Å². The zero-order valence-corrected chi connectivity index (χ0v) is 13.7. The number of halogens is 1. The smallest absolute Gasteiger partial charge is 0.269 e. The first-order valence-electron chi connectivity index (χ1n) is 7.33. The van der Waals surface area contributed by atoms with Gasteiger partial charge in [0.25, 0.3) is 5.91 Å². The summed E-state index contributed by atoms with van der Waals surface area (Å²) < 4.78 is 17.9. The van der Waals surface area contributed by atoms with Crippen molar-refractivity contribution in [1.82, 2.24) is 21.0 Å². The molecule has 128 valence electrons. The molecule has 0 unspecified atom stereocenters. The second-order valence-electron chi connectivity index (χ2n) is 5.00. The topological polar surface area (TPSA) is 97.1 Å². The zero-order valence-electron chi connectivity index (χ0n) is 12.9. The van der Waals surface area contributed by atoms with Gasteiger partial charge in [0.15, 0.2) is 0 Å². The van der Waals surface area contributed by atoms with Gasteiger partial charge < -0.3 is 4.52 Å². The van der Waals surface area contributed by atoms with Crippen molar-refractivity contribution < 1.29 is 18.5 Å². The van der Waals surface area contributed by atoms with Crippen LogP contribution in [0.2, 0.25) is 0 Å². The molecular formula is C16H13FN4O3S. The van der Waals surface area contributed by atoms with Gasteiger partial charge in [0.05, 0.1) is 4.88 Å². The standard InChI is InChI=1S/C16H13FN4O3S/c17-11-5-3-10(4-6-11)16(23)20-19-13(22)7-8-14-18-15(21-24-14)12-2-1-9-25-12/h1-6,9H,7-8H2,(H,19,22)(H,20,23). The molecule has 2 N–H and O–H groups in total. The van der Waals surface area contributed by atoms with Crippen LogP contribution in [0.5, 0.6) is 0 Å². The predicted octanol–water partition coefficient (Wildman–Crippen LogP) is 2.33. The van der Waals surface area contributed by atoms with Crippen LogP contribution >= 0.6 is 11.3 Å². The van der Waals surface area contributed by atoms with E-state index >= 15 is 0 Å². The van der Waals surface area contributed by atoms with Crippen molar-refractivity contribution in [3.8, 4) is 10.7 Å². The highest BCUT2D eigenvalue weighted by Gasteiger charge is 2.12. The fourth-order valence-electron chi connectivity index (χ4n) is 1.95. The molecule has 0 fully saturated rings. The number of hydrogen-bond donors (Lipinski definition) is 2. The Morgan fingerprint density at radius 3 is 2.68 bits per heavy atom. The van der Waals surface area contributed by atoms with Crippen molar-refractivity contribution in [3.63, 3.8) is 0 Å². The van der Waals surface area contributed by atoms with Gasteiger partial charge >= 0.3 is 0 Å². The quantitative estimate of drug-likeness (QED) is 0.681. The van der Waals surface area contributed by atoms with Gasteiger partial charge in [-0.25, -0.2) is 4.39 Å². The molecular weight excluding hydrogens is 347 g/mol. The highest BCUT2D eigenvalue weighted by Crippen LogP contribution is 2.21. The zero-order chi connectivity index (χ0) is 17.6. The fraction of sp³-hybridized carbons (Fsp3) is 0.125. The SMILES string of the molecule is O=C(CCc1nc(-c2cccs2)no1)NNC(=O)c1ccc(F)cc1. The number of aryl methyl sites for hydroxylation is 1.